The van der Waals surface area contributed by atoms with E-state index in [0.717, 1.165) is 45.9 Å². The Balaban J connectivity index is 1.86. The first kappa shape index (κ1) is 22.3. The van der Waals surface area contributed by atoms with Crippen LogP contribution in [0.2, 0.25) is 0 Å². The maximum atomic E-state index is 13.0. The summed E-state index contributed by atoms with van der Waals surface area (Å²) in [6.45, 7) is 0.205. The van der Waals surface area contributed by atoms with Gasteiger partial charge in [-0.05, 0) is 48.6 Å². The van der Waals surface area contributed by atoms with Crippen molar-refractivity contribution in [3.63, 3.8) is 0 Å². The molecule has 4 aromatic rings. The van der Waals surface area contributed by atoms with E-state index in [9.17, 15) is 9.59 Å². The first-order valence-electron chi connectivity index (χ1n) is 12.0. The molecule has 0 unspecified atom stereocenters. The normalized spacial score (nSPS) is 14.6. The molecule has 1 N–H and O–H groups in total. The van der Waals surface area contributed by atoms with Crippen LogP contribution in [0.15, 0.2) is 48.7 Å². The summed E-state index contributed by atoms with van der Waals surface area (Å²) in [5.41, 5.74) is 5.96. The van der Waals surface area contributed by atoms with Crippen molar-refractivity contribution < 1.29 is 14.3 Å². The third-order valence-corrected chi connectivity index (χ3v) is 7.18. The summed E-state index contributed by atoms with van der Waals surface area (Å²) in [5, 5.41) is 2.25. The van der Waals surface area contributed by atoms with E-state index < -0.39 is 0 Å². The number of ether oxygens (including phenoxy) is 1. The smallest absolute Gasteiger partial charge is 0.337 e. The van der Waals surface area contributed by atoms with Crippen molar-refractivity contribution >= 4 is 33.7 Å². The van der Waals surface area contributed by atoms with Gasteiger partial charge in [-0.2, -0.15) is 0 Å². The van der Waals surface area contributed by atoms with Crippen LogP contribution in [0.25, 0.3) is 33.1 Å². The van der Waals surface area contributed by atoms with Crippen molar-refractivity contribution in [1.82, 2.24) is 14.5 Å². The fourth-order valence-corrected chi connectivity index (χ4v) is 5.45. The highest BCUT2D eigenvalue weighted by Crippen LogP contribution is 2.45. The van der Waals surface area contributed by atoms with Gasteiger partial charge in [0.25, 0.3) is 0 Å². The van der Waals surface area contributed by atoms with E-state index in [-0.39, 0.29) is 18.4 Å². The molecule has 2 aromatic carbocycles. The van der Waals surface area contributed by atoms with E-state index in [1.54, 1.807) is 19.0 Å². The van der Waals surface area contributed by atoms with Gasteiger partial charge in [-0.1, -0.05) is 37.5 Å². The molecule has 1 aliphatic rings. The number of aromatic nitrogens is 2. The summed E-state index contributed by atoms with van der Waals surface area (Å²) >= 11 is 0. The fraction of sp³-hybridized carbons (Fsp3) is 0.357. The first-order valence-corrected chi connectivity index (χ1v) is 12.0. The predicted molar refractivity (Wildman–Crippen MR) is 135 cm³/mol. The Morgan fingerprint density at radius 2 is 1.85 bits per heavy atom. The zero-order valence-electron chi connectivity index (χ0n) is 20.1. The minimum absolute atomic E-state index is 0.0121. The maximum absolute atomic E-state index is 13.0. The molecule has 34 heavy (non-hydrogen) atoms. The summed E-state index contributed by atoms with van der Waals surface area (Å²) in [5.74, 6) is 0.0558. The minimum Gasteiger partial charge on any atom is -0.465 e. The van der Waals surface area contributed by atoms with Crippen LogP contribution in [0.3, 0.4) is 0 Å². The van der Waals surface area contributed by atoms with Gasteiger partial charge in [0.2, 0.25) is 5.91 Å². The number of carbonyl (C=O) groups excluding carboxylic acids is 2. The van der Waals surface area contributed by atoms with E-state index >= 15 is 0 Å². The molecule has 0 atom stereocenters. The monoisotopic (exact) mass is 457 g/mol. The van der Waals surface area contributed by atoms with E-state index in [4.69, 9.17) is 4.74 Å². The lowest BCUT2D eigenvalue weighted by Gasteiger charge is -2.24. The molecule has 0 aliphatic heterocycles. The number of hydrogen-bond acceptors (Lipinski definition) is 3. The van der Waals surface area contributed by atoms with Crippen molar-refractivity contribution in [1.29, 1.82) is 0 Å². The number of nitrogens with one attached hydrogen (secondary N) is 1. The molecule has 1 aliphatic carbocycles. The fourth-order valence-electron chi connectivity index (χ4n) is 5.45. The number of likely N-dealkylation sites (N-methyl/N-ethyl adjacent to an activating group) is 1. The molecule has 6 heteroatoms. The topological polar surface area (TPSA) is 67.3 Å². The van der Waals surface area contributed by atoms with Crippen LogP contribution in [0.1, 0.15) is 53.9 Å². The number of nitrogens with zero attached hydrogens (tertiary/aromatic N) is 2. The van der Waals surface area contributed by atoms with Crippen LogP contribution in [-0.2, 0) is 16.1 Å². The quantitative estimate of drug-likeness (QED) is 0.390. The van der Waals surface area contributed by atoms with E-state index in [0.29, 0.717) is 11.5 Å². The van der Waals surface area contributed by atoms with Crippen molar-refractivity contribution in [3.05, 3.63) is 59.8 Å². The number of esters is 1. The number of aromatic amines is 1. The second-order valence-electron chi connectivity index (χ2n) is 9.44. The SMILES string of the molecule is COC(=O)c1ccc2c(C3CCCCC3)c(-c3cccc4[nH]ccc34)n(CC(=O)N(C)C)c2c1. The number of fused-ring (bicyclic) bond motifs is 2. The number of rotatable bonds is 5. The van der Waals surface area contributed by atoms with Crippen molar-refractivity contribution in [2.75, 3.05) is 21.2 Å². The van der Waals surface area contributed by atoms with Gasteiger partial charge in [0.15, 0.2) is 0 Å². The lowest BCUT2D eigenvalue weighted by molar-refractivity contribution is -0.129. The molecule has 0 spiro atoms. The number of amides is 1. The average Bonchev–Trinajstić information content (AvgIpc) is 3.46. The molecule has 176 valence electrons. The second kappa shape index (κ2) is 9.01. The molecule has 0 saturated heterocycles. The van der Waals surface area contributed by atoms with E-state index in [1.807, 2.05) is 24.4 Å². The third kappa shape index (κ3) is 3.77. The van der Waals surface area contributed by atoms with Crippen LogP contribution in [0, 0.1) is 0 Å². The Kier molecular flexibility index (Phi) is 5.90. The Bertz CT molecular complexity index is 1370. The highest BCUT2D eigenvalue weighted by Gasteiger charge is 2.28. The van der Waals surface area contributed by atoms with Crippen LogP contribution in [0.4, 0.5) is 0 Å². The number of hydrogen-bond donors (Lipinski definition) is 1. The summed E-state index contributed by atoms with van der Waals surface area (Å²) in [4.78, 5) is 30.4. The summed E-state index contributed by atoms with van der Waals surface area (Å²) in [6.07, 6.45) is 7.92. The third-order valence-electron chi connectivity index (χ3n) is 7.18. The van der Waals surface area contributed by atoms with Crippen molar-refractivity contribution in [3.8, 4) is 11.3 Å². The van der Waals surface area contributed by atoms with Gasteiger partial charge in [0.1, 0.15) is 6.54 Å². The van der Waals surface area contributed by atoms with Gasteiger partial charge in [-0.25, -0.2) is 4.79 Å². The molecular formula is C28H31N3O3. The number of H-pyrrole nitrogens is 1. The summed E-state index contributed by atoms with van der Waals surface area (Å²) in [6, 6.07) is 14.2. The Morgan fingerprint density at radius 3 is 2.59 bits per heavy atom. The molecule has 0 bridgehead atoms. The van der Waals surface area contributed by atoms with Gasteiger partial charge in [0.05, 0.1) is 23.9 Å². The second-order valence-corrected chi connectivity index (χ2v) is 9.44. The molecule has 2 aromatic heterocycles. The Labute approximate surface area is 199 Å². The first-order chi connectivity index (χ1) is 16.5. The summed E-state index contributed by atoms with van der Waals surface area (Å²) in [7, 11) is 4.96. The molecule has 1 saturated carbocycles. The summed E-state index contributed by atoms with van der Waals surface area (Å²) < 4.78 is 7.12. The highest BCUT2D eigenvalue weighted by atomic mass is 16.5. The molecule has 2 heterocycles. The molecule has 1 amide bonds. The van der Waals surface area contributed by atoms with Crippen LogP contribution in [-0.4, -0.2) is 47.5 Å². The average molecular weight is 458 g/mol. The van der Waals surface area contributed by atoms with Crippen molar-refractivity contribution in [2.45, 2.75) is 44.6 Å². The highest BCUT2D eigenvalue weighted by molar-refractivity contribution is 6.03. The van der Waals surface area contributed by atoms with Crippen LogP contribution >= 0.6 is 0 Å². The lowest BCUT2D eigenvalue weighted by Crippen LogP contribution is -2.26. The molecule has 6 nitrogen and oxygen atoms in total. The molecule has 5 rings (SSSR count). The predicted octanol–water partition coefficient (Wildman–Crippen LogP) is 5.71. The van der Waals surface area contributed by atoms with Gasteiger partial charge < -0.3 is 19.2 Å². The van der Waals surface area contributed by atoms with Crippen molar-refractivity contribution in [2.24, 2.45) is 0 Å². The largest absolute Gasteiger partial charge is 0.465 e. The van der Waals surface area contributed by atoms with Gasteiger partial charge in [0, 0.05) is 42.1 Å². The van der Waals surface area contributed by atoms with Gasteiger partial charge in [-0.15, -0.1) is 0 Å². The number of benzene rings is 2. The lowest BCUT2D eigenvalue weighted by atomic mass is 9.81. The maximum Gasteiger partial charge on any atom is 0.337 e. The Morgan fingerprint density at radius 1 is 1.06 bits per heavy atom. The minimum atomic E-state index is -0.373. The van der Waals surface area contributed by atoms with Crippen LogP contribution in [0.5, 0.6) is 0 Å². The molecule has 1 fully saturated rings. The number of methoxy groups -OCH3 is 1. The van der Waals surface area contributed by atoms with E-state index in [1.165, 1.54) is 31.9 Å². The van der Waals surface area contributed by atoms with Crippen LogP contribution < -0.4 is 0 Å². The standard InChI is InChI=1S/C28H31N3O3/c1-30(2)25(32)17-31-24-16-19(28(33)34-3)12-13-22(24)26(18-8-5-4-6-9-18)27(31)21-10-7-11-23-20(21)14-15-29-23/h7,10-16,18,29H,4-6,8-9,17H2,1-3H3. The zero-order chi connectivity index (χ0) is 23.8. The van der Waals surface area contributed by atoms with Gasteiger partial charge >= 0.3 is 5.97 Å². The van der Waals surface area contributed by atoms with Gasteiger partial charge in [-0.3, -0.25) is 4.79 Å². The number of carbonyl (C=O) groups is 2. The Hall–Kier alpha value is -3.54. The van der Waals surface area contributed by atoms with E-state index in [2.05, 4.69) is 33.8 Å². The molecule has 0 radical (unpaired) electrons. The molecular weight excluding hydrogens is 426 g/mol. The zero-order valence-corrected chi connectivity index (χ0v) is 20.1.